The maximum absolute atomic E-state index is 5.82. The van der Waals surface area contributed by atoms with Gasteiger partial charge in [0.2, 0.25) is 0 Å². The Morgan fingerprint density at radius 3 is 2.30 bits per heavy atom. The molecule has 3 rings (SSSR count). The number of ether oxygens (including phenoxy) is 1. The molecule has 0 saturated heterocycles. The van der Waals surface area contributed by atoms with Crippen LogP contribution in [0.2, 0.25) is 0 Å². The smallest absolute Gasteiger partial charge is 0.180 e. The Labute approximate surface area is 139 Å². The number of nitrogen functional groups attached to an aromatic ring is 2. The normalized spacial score (nSPS) is 12.0. The number of benzene rings is 2. The van der Waals surface area contributed by atoms with Crippen molar-refractivity contribution < 1.29 is 4.74 Å². The van der Waals surface area contributed by atoms with Gasteiger partial charge in [-0.05, 0) is 41.8 Å². The zero-order chi connectivity index (χ0) is 16.2. The van der Waals surface area contributed by atoms with Gasteiger partial charge in [-0.15, -0.1) is 11.3 Å². The molecule has 2 aromatic carbocycles. The highest BCUT2D eigenvalue weighted by Crippen LogP contribution is 2.31. The molecule has 4 N–H and O–H groups in total. The van der Waals surface area contributed by atoms with Gasteiger partial charge in [0.15, 0.2) is 5.13 Å². The minimum Gasteiger partial charge on any atom is -0.497 e. The molecule has 0 saturated carbocycles. The van der Waals surface area contributed by atoms with Crippen LogP contribution in [0.4, 0.5) is 10.8 Å². The first-order valence-electron chi connectivity index (χ1n) is 7.35. The van der Waals surface area contributed by atoms with E-state index in [-0.39, 0.29) is 5.92 Å². The molecule has 118 valence electrons. The molecule has 0 amide bonds. The van der Waals surface area contributed by atoms with Crippen LogP contribution in [0.15, 0.2) is 53.9 Å². The van der Waals surface area contributed by atoms with Crippen molar-refractivity contribution in [1.82, 2.24) is 4.98 Å². The highest BCUT2D eigenvalue weighted by molar-refractivity contribution is 7.13. The predicted octanol–water partition coefficient (Wildman–Crippen LogP) is 3.69. The van der Waals surface area contributed by atoms with Crippen LogP contribution >= 0.6 is 11.3 Å². The zero-order valence-electron chi connectivity index (χ0n) is 12.9. The minimum absolute atomic E-state index is 0.151. The second kappa shape index (κ2) is 6.71. The van der Waals surface area contributed by atoms with Gasteiger partial charge in [0, 0.05) is 17.0 Å². The van der Waals surface area contributed by atoms with E-state index in [1.807, 2.05) is 29.6 Å². The fraction of sp³-hybridized carbons (Fsp3) is 0.167. The molecule has 0 spiro atoms. The van der Waals surface area contributed by atoms with Crippen LogP contribution in [0.1, 0.15) is 22.7 Å². The second-order valence-corrected chi connectivity index (χ2v) is 6.27. The number of nitrogens with two attached hydrogens (primary N) is 2. The Morgan fingerprint density at radius 2 is 1.74 bits per heavy atom. The monoisotopic (exact) mass is 325 g/mol. The van der Waals surface area contributed by atoms with Gasteiger partial charge in [-0.3, -0.25) is 0 Å². The highest BCUT2D eigenvalue weighted by Gasteiger charge is 2.18. The standard InChI is InChI=1S/C18H19N3OS/c1-22-15-8-4-13(5-9-15)16(17-11-23-18(20)21-17)10-12-2-6-14(19)7-3-12/h2-9,11,16H,10,19H2,1H3,(H2,20,21). The molecule has 0 fully saturated rings. The first-order chi connectivity index (χ1) is 11.2. The lowest BCUT2D eigenvalue weighted by Gasteiger charge is -2.16. The Hall–Kier alpha value is -2.53. The van der Waals surface area contributed by atoms with E-state index in [0.717, 1.165) is 23.6 Å². The van der Waals surface area contributed by atoms with Crippen LogP contribution in [0, 0.1) is 0 Å². The molecule has 0 bridgehead atoms. The van der Waals surface area contributed by atoms with Crippen LogP contribution < -0.4 is 16.2 Å². The first-order valence-corrected chi connectivity index (χ1v) is 8.23. The number of rotatable bonds is 5. The lowest BCUT2D eigenvalue weighted by Crippen LogP contribution is -2.06. The summed E-state index contributed by atoms with van der Waals surface area (Å²) in [5.74, 6) is 0.996. The average Bonchev–Trinajstić information content (AvgIpc) is 3.01. The van der Waals surface area contributed by atoms with Gasteiger partial charge in [0.25, 0.3) is 0 Å². The largest absolute Gasteiger partial charge is 0.497 e. The SMILES string of the molecule is COc1ccc(C(Cc2ccc(N)cc2)c2csc(N)n2)cc1. The third kappa shape index (κ3) is 3.63. The molecule has 0 radical (unpaired) electrons. The Bertz CT molecular complexity index is 766. The van der Waals surface area contributed by atoms with Crippen molar-refractivity contribution in [1.29, 1.82) is 0 Å². The predicted molar refractivity (Wildman–Crippen MR) is 95.9 cm³/mol. The van der Waals surface area contributed by atoms with E-state index in [1.165, 1.54) is 22.5 Å². The van der Waals surface area contributed by atoms with Crippen molar-refractivity contribution in [3.63, 3.8) is 0 Å². The lowest BCUT2D eigenvalue weighted by atomic mass is 9.89. The van der Waals surface area contributed by atoms with Gasteiger partial charge in [0.05, 0.1) is 12.8 Å². The number of aromatic nitrogens is 1. The van der Waals surface area contributed by atoms with Crippen molar-refractivity contribution in [2.24, 2.45) is 0 Å². The van der Waals surface area contributed by atoms with Gasteiger partial charge in [0.1, 0.15) is 5.75 Å². The third-order valence-electron chi connectivity index (χ3n) is 3.83. The van der Waals surface area contributed by atoms with E-state index in [0.29, 0.717) is 5.13 Å². The summed E-state index contributed by atoms with van der Waals surface area (Å²) >= 11 is 1.47. The lowest BCUT2D eigenvalue weighted by molar-refractivity contribution is 0.414. The van der Waals surface area contributed by atoms with Gasteiger partial charge >= 0.3 is 0 Å². The molecular formula is C18H19N3OS. The summed E-state index contributed by atoms with van der Waals surface area (Å²) in [7, 11) is 1.67. The molecule has 1 aromatic heterocycles. The fourth-order valence-corrected chi connectivity index (χ4v) is 3.20. The third-order valence-corrected chi connectivity index (χ3v) is 4.53. The van der Waals surface area contributed by atoms with E-state index in [4.69, 9.17) is 16.2 Å². The van der Waals surface area contributed by atoms with Crippen molar-refractivity contribution in [3.05, 3.63) is 70.7 Å². The van der Waals surface area contributed by atoms with E-state index >= 15 is 0 Å². The zero-order valence-corrected chi connectivity index (χ0v) is 13.7. The quantitative estimate of drug-likeness (QED) is 0.702. The van der Waals surface area contributed by atoms with Crippen molar-refractivity contribution >= 4 is 22.2 Å². The average molecular weight is 325 g/mol. The van der Waals surface area contributed by atoms with Crippen LogP contribution in [-0.2, 0) is 6.42 Å². The summed E-state index contributed by atoms with van der Waals surface area (Å²) in [4.78, 5) is 4.48. The number of hydrogen-bond acceptors (Lipinski definition) is 5. The molecule has 23 heavy (non-hydrogen) atoms. The summed E-state index contributed by atoms with van der Waals surface area (Å²) in [6.45, 7) is 0. The fourth-order valence-electron chi connectivity index (χ4n) is 2.58. The Kier molecular flexibility index (Phi) is 4.48. The highest BCUT2D eigenvalue weighted by atomic mass is 32.1. The molecule has 3 aromatic rings. The molecule has 1 unspecified atom stereocenters. The van der Waals surface area contributed by atoms with Gasteiger partial charge in [-0.1, -0.05) is 24.3 Å². The molecule has 4 nitrogen and oxygen atoms in total. The van der Waals surface area contributed by atoms with Crippen LogP contribution in [-0.4, -0.2) is 12.1 Å². The summed E-state index contributed by atoms with van der Waals surface area (Å²) in [5.41, 5.74) is 15.8. The van der Waals surface area contributed by atoms with Crippen LogP contribution in [0.5, 0.6) is 5.75 Å². The van der Waals surface area contributed by atoms with Gasteiger partial charge in [-0.25, -0.2) is 4.98 Å². The number of anilines is 2. The van der Waals surface area contributed by atoms with Crippen molar-refractivity contribution in [3.8, 4) is 5.75 Å². The van der Waals surface area contributed by atoms with E-state index in [9.17, 15) is 0 Å². The van der Waals surface area contributed by atoms with Crippen LogP contribution in [0.3, 0.4) is 0 Å². The molecular weight excluding hydrogens is 306 g/mol. The summed E-state index contributed by atoms with van der Waals surface area (Å²) in [6, 6.07) is 16.1. The Balaban J connectivity index is 1.94. The minimum atomic E-state index is 0.151. The summed E-state index contributed by atoms with van der Waals surface area (Å²) in [6.07, 6.45) is 0.843. The number of hydrogen-bond donors (Lipinski definition) is 2. The molecule has 1 heterocycles. The van der Waals surface area contributed by atoms with Crippen molar-refractivity contribution in [2.45, 2.75) is 12.3 Å². The van der Waals surface area contributed by atoms with Crippen molar-refractivity contribution in [2.75, 3.05) is 18.6 Å². The molecule has 5 heteroatoms. The number of nitrogens with zero attached hydrogens (tertiary/aromatic N) is 1. The van der Waals surface area contributed by atoms with Gasteiger partial charge < -0.3 is 16.2 Å². The maximum atomic E-state index is 5.82. The molecule has 0 aliphatic carbocycles. The summed E-state index contributed by atoms with van der Waals surface area (Å²) in [5, 5.41) is 2.62. The molecule has 1 atom stereocenters. The maximum Gasteiger partial charge on any atom is 0.180 e. The molecule has 0 aliphatic heterocycles. The Morgan fingerprint density at radius 1 is 1.04 bits per heavy atom. The summed E-state index contributed by atoms with van der Waals surface area (Å²) < 4.78 is 5.24. The first kappa shape index (κ1) is 15.4. The van der Waals surface area contributed by atoms with E-state index in [1.54, 1.807) is 7.11 Å². The van der Waals surface area contributed by atoms with Gasteiger partial charge in [-0.2, -0.15) is 0 Å². The second-order valence-electron chi connectivity index (χ2n) is 5.38. The molecule has 0 aliphatic rings. The van der Waals surface area contributed by atoms with E-state index < -0.39 is 0 Å². The topological polar surface area (TPSA) is 74.2 Å². The number of methoxy groups -OCH3 is 1. The van der Waals surface area contributed by atoms with E-state index in [2.05, 4.69) is 29.2 Å². The number of thiazole rings is 1. The van der Waals surface area contributed by atoms with Crippen LogP contribution in [0.25, 0.3) is 0 Å².